The van der Waals surface area contributed by atoms with Crippen LogP contribution in [0.15, 0.2) is 91.0 Å². The average molecular weight is 382 g/mol. The minimum absolute atomic E-state index is 0.0637. The molecule has 0 aliphatic carbocycles. The summed E-state index contributed by atoms with van der Waals surface area (Å²) in [7, 11) is 0. The summed E-state index contributed by atoms with van der Waals surface area (Å²) in [6.07, 6.45) is -0.408. The van der Waals surface area contributed by atoms with E-state index in [1.54, 1.807) is 12.1 Å². The van der Waals surface area contributed by atoms with Gasteiger partial charge in [0.05, 0.1) is 11.0 Å². The Labute approximate surface area is 167 Å². The molecule has 0 radical (unpaired) electrons. The highest BCUT2D eigenvalue weighted by atomic mass is 16.6. The van der Waals surface area contributed by atoms with Crippen LogP contribution in [0.2, 0.25) is 0 Å². The van der Waals surface area contributed by atoms with Gasteiger partial charge in [0.2, 0.25) is 0 Å². The number of rotatable bonds is 3. The van der Waals surface area contributed by atoms with Crippen LogP contribution in [-0.4, -0.2) is 4.92 Å². The van der Waals surface area contributed by atoms with E-state index in [2.05, 4.69) is 35.6 Å². The van der Waals surface area contributed by atoms with Gasteiger partial charge in [0.1, 0.15) is 5.75 Å². The third-order valence-electron chi connectivity index (χ3n) is 5.32. The van der Waals surface area contributed by atoms with Gasteiger partial charge in [-0.05, 0) is 34.5 Å². The number of hydrogen-bond donors (Lipinski definition) is 1. The summed E-state index contributed by atoms with van der Waals surface area (Å²) in [5.41, 5.74) is 3.15. The Morgan fingerprint density at radius 1 is 0.793 bits per heavy atom. The molecule has 5 heteroatoms. The number of ether oxygens (including phenoxy) is 1. The van der Waals surface area contributed by atoms with E-state index >= 15 is 0 Å². The summed E-state index contributed by atoms with van der Waals surface area (Å²) in [6, 6.07) is 29.0. The highest BCUT2D eigenvalue weighted by Gasteiger charge is 2.31. The fourth-order valence-corrected chi connectivity index (χ4v) is 3.92. The number of nitro groups is 1. The van der Waals surface area contributed by atoms with Crippen molar-refractivity contribution < 1.29 is 9.66 Å². The summed E-state index contributed by atoms with van der Waals surface area (Å²) in [4.78, 5) is 10.6. The Morgan fingerprint density at radius 3 is 2.28 bits per heavy atom. The van der Waals surface area contributed by atoms with E-state index in [0.717, 1.165) is 33.2 Å². The highest BCUT2D eigenvalue weighted by molar-refractivity contribution is 5.89. The average Bonchev–Trinajstić information content (AvgIpc) is 2.78. The van der Waals surface area contributed by atoms with Crippen molar-refractivity contribution >= 4 is 16.5 Å². The van der Waals surface area contributed by atoms with E-state index in [1.807, 2.05) is 36.4 Å². The SMILES string of the molecule is O=[N+]([O-])c1ccc([C@@H]2N[C@@H](c3ccccc3)c3c(ccc4ccccc34)O2)cc1. The van der Waals surface area contributed by atoms with Gasteiger partial charge in [0.25, 0.3) is 5.69 Å². The van der Waals surface area contributed by atoms with Crippen LogP contribution in [0.4, 0.5) is 5.69 Å². The molecule has 1 aliphatic heterocycles. The molecule has 0 amide bonds. The van der Waals surface area contributed by atoms with E-state index in [4.69, 9.17) is 4.74 Å². The van der Waals surface area contributed by atoms with Crippen molar-refractivity contribution in [3.05, 3.63) is 118 Å². The maximum atomic E-state index is 11.0. The van der Waals surface area contributed by atoms with Gasteiger partial charge in [-0.1, -0.05) is 60.7 Å². The van der Waals surface area contributed by atoms with Crippen LogP contribution < -0.4 is 10.1 Å². The highest BCUT2D eigenvalue weighted by Crippen LogP contribution is 2.42. The summed E-state index contributed by atoms with van der Waals surface area (Å²) in [5, 5.41) is 16.9. The number of hydrogen-bond acceptors (Lipinski definition) is 4. The van der Waals surface area contributed by atoms with E-state index in [9.17, 15) is 10.1 Å². The van der Waals surface area contributed by atoms with Gasteiger partial charge < -0.3 is 4.74 Å². The molecule has 29 heavy (non-hydrogen) atoms. The van der Waals surface area contributed by atoms with Crippen molar-refractivity contribution in [2.75, 3.05) is 0 Å². The van der Waals surface area contributed by atoms with Crippen molar-refractivity contribution in [2.24, 2.45) is 0 Å². The molecule has 4 aromatic rings. The summed E-state index contributed by atoms with van der Waals surface area (Å²) >= 11 is 0. The summed E-state index contributed by atoms with van der Waals surface area (Å²) in [5.74, 6) is 0.819. The fourth-order valence-electron chi connectivity index (χ4n) is 3.92. The summed E-state index contributed by atoms with van der Waals surface area (Å²) in [6.45, 7) is 0. The molecule has 1 N–H and O–H groups in total. The Hall–Kier alpha value is -3.70. The second-order valence-corrected chi connectivity index (χ2v) is 7.06. The monoisotopic (exact) mass is 382 g/mol. The minimum atomic E-state index is -0.408. The minimum Gasteiger partial charge on any atom is -0.471 e. The lowest BCUT2D eigenvalue weighted by molar-refractivity contribution is -0.384. The van der Waals surface area contributed by atoms with Gasteiger partial charge in [-0.3, -0.25) is 15.4 Å². The topological polar surface area (TPSA) is 64.4 Å². The molecular formula is C24H18N2O3. The second-order valence-electron chi connectivity index (χ2n) is 7.06. The van der Waals surface area contributed by atoms with Gasteiger partial charge in [-0.15, -0.1) is 0 Å². The smallest absolute Gasteiger partial charge is 0.269 e. The number of benzene rings is 4. The Bertz CT molecular complexity index is 1190. The molecule has 0 saturated carbocycles. The van der Waals surface area contributed by atoms with Crippen LogP contribution in [-0.2, 0) is 0 Å². The molecule has 0 saturated heterocycles. The number of nitro benzene ring substituents is 1. The quantitative estimate of drug-likeness (QED) is 0.374. The maximum absolute atomic E-state index is 11.0. The van der Waals surface area contributed by atoms with Crippen molar-refractivity contribution in [3.63, 3.8) is 0 Å². The molecule has 0 fully saturated rings. The lowest BCUT2D eigenvalue weighted by atomic mass is 9.91. The molecule has 1 aliphatic rings. The molecule has 0 unspecified atom stereocenters. The molecule has 142 valence electrons. The number of fused-ring (bicyclic) bond motifs is 3. The van der Waals surface area contributed by atoms with Crippen LogP contribution in [0.1, 0.15) is 29.0 Å². The van der Waals surface area contributed by atoms with Gasteiger partial charge >= 0.3 is 0 Å². The predicted molar refractivity (Wildman–Crippen MR) is 112 cm³/mol. The molecule has 0 bridgehead atoms. The molecule has 0 aromatic heterocycles. The molecular weight excluding hydrogens is 364 g/mol. The van der Waals surface area contributed by atoms with Crippen LogP contribution in [0, 0.1) is 10.1 Å². The van der Waals surface area contributed by atoms with E-state index in [-0.39, 0.29) is 11.7 Å². The van der Waals surface area contributed by atoms with Gasteiger partial charge in [-0.2, -0.15) is 0 Å². The number of non-ortho nitro benzene ring substituents is 1. The Balaban J connectivity index is 1.63. The normalized spacial score (nSPS) is 18.1. The first-order valence-corrected chi connectivity index (χ1v) is 9.44. The second kappa shape index (κ2) is 7.04. The number of nitrogens with zero attached hydrogens (tertiary/aromatic N) is 1. The standard InChI is InChI=1S/C24H18N2O3/c27-26(28)19-13-10-18(11-14-19)24-25-23(17-7-2-1-3-8-17)22-20-9-5-4-6-16(20)12-15-21(22)29-24/h1-15,23-25H/t23-,24+/m0/s1. The third kappa shape index (κ3) is 3.11. The lowest BCUT2D eigenvalue weighted by Gasteiger charge is -2.35. The fraction of sp³-hybridized carbons (Fsp3) is 0.0833. The first-order valence-electron chi connectivity index (χ1n) is 9.44. The van der Waals surface area contributed by atoms with Gasteiger partial charge in [0.15, 0.2) is 6.23 Å². The predicted octanol–water partition coefficient (Wildman–Crippen LogP) is 5.52. The van der Waals surface area contributed by atoms with Gasteiger partial charge in [-0.25, -0.2) is 0 Å². The first kappa shape index (κ1) is 17.4. The van der Waals surface area contributed by atoms with E-state index in [1.165, 1.54) is 12.1 Å². The molecule has 5 nitrogen and oxygen atoms in total. The third-order valence-corrected chi connectivity index (χ3v) is 5.32. The molecule has 1 heterocycles. The zero-order chi connectivity index (χ0) is 19.8. The van der Waals surface area contributed by atoms with Crippen LogP contribution in [0.5, 0.6) is 5.75 Å². The maximum Gasteiger partial charge on any atom is 0.269 e. The summed E-state index contributed by atoms with van der Waals surface area (Å²) < 4.78 is 6.30. The van der Waals surface area contributed by atoms with Crippen LogP contribution >= 0.6 is 0 Å². The van der Waals surface area contributed by atoms with Crippen molar-refractivity contribution in [3.8, 4) is 5.75 Å². The van der Waals surface area contributed by atoms with Crippen molar-refractivity contribution in [2.45, 2.75) is 12.3 Å². The zero-order valence-corrected chi connectivity index (χ0v) is 15.5. The van der Waals surface area contributed by atoms with E-state index in [0.29, 0.717) is 0 Å². The first-order chi connectivity index (χ1) is 14.2. The lowest BCUT2D eigenvalue weighted by Crippen LogP contribution is -2.35. The molecule has 0 spiro atoms. The van der Waals surface area contributed by atoms with Crippen molar-refractivity contribution in [1.29, 1.82) is 0 Å². The van der Waals surface area contributed by atoms with Crippen molar-refractivity contribution in [1.82, 2.24) is 5.32 Å². The number of nitrogens with one attached hydrogen (secondary N) is 1. The van der Waals surface area contributed by atoms with Crippen LogP contribution in [0.25, 0.3) is 10.8 Å². The Morgan fingerprint density at radius 2 is 1.52 bits per heavy atom. The largest absolute Gasteiger partial charge is 0.471 e. The van der Waals surface area contributed by atoms with Crippen LogP contribution in [0.3, 0.4) is 0 Å². The van der Waals surface area contributed by atoms with Gasteiger partial charge in [0, 0.05) is 23.3 Å². The van der Waals surface area contributed by atoms with E-state index < -0.39 is 11.2 Å². The zero-order valence-electron chi connectivity index (χ0n) is 15.5. The molecule has 2 atom stereocenters. The molecule has 4 aromatic carbocycles. The molecule has 5 rings (SSSR count). The Kier molecular flexibility index (Phi) is 4.22.